The number of aromatic carboxylic acids is 1. The van der Waals surface area contributed by atoms with Crippen LogP contribution in [0.5, 0.6) is 0 Å². The lowest BCUT2D eigenvalue weighted by molar-refractivity contribution is 0.0702. The molecule has 1 aliphatic heterocycles. The maximum atomic E-state index is 12.4. The molecule has 0 saturated heterocycles. The van der Waals surface area contributed by atoms with Crippen LogP contribution in [0, 0.1) is 6.92 Å². The first-order valence-corrected chi connectivity index (χ1v) is 7.76. The first-order chi connectivity index (χ1) is 8.87. The molecule has 1 aromatic rings. The van der Waals surface area contributed by atoms with E-state index in [0.29, 0.717) is 4.88 Å². The Labute approximate surface area is 114 Å². The zero-order chi connectivity index (χ0) is 14.2. The molecule has 2 N–H and O–H groups in total. The van der Waals surface area contributed by atoms with Crippen LogP contribution < -0.4 is 0 Å². The van der Waals surface area contributed by atoms with Crippen LogP contribution in [0.2, 0.25) is 0 Å². The molecule has 1 unspecified atom stereocenters. The van der Waals surface area contributed by atoms with Crippen molar-refractivity contribution in [1.29, 1.82) is 0 Å². The highest BCUT2D eigenvalue weighted by Gasteiger charge is 2.34. The Balaban J connectivity index is 2.43. The van der Waals surface area contributed by atoms with E-state index in [-0.39, 0.29) is 22.9 Å². The topological polar surface area (TPSA) is 94.9 Å². The number of nitrogens with zero attached hydrogens (tertiary/aromatic N) is 1. The molecular formula is C11H13NO5S2. The maximum Gasteiger partial charge on any atom is 0.345 e. The molecule has 0 spiro atoms. The molecule has 0 aromatic carbocycles. The second-order valence-electron chi connectivity index (χ2n) is 4.09. The van der Waals surface area contributed by atoms with Crippen LogP contribution in [0.3, 0.4) is 0 Å². The molecule has 1 atom stereocenters. The third-order valence-corrected chi connectivity index (χ3v) is 6.06. The minimum Gasteiger partial charge on any atom is -0.477 e. The summed E-state index contributed by atoms with van der Waals surface area (Å²) in [6.07, 6.45) is 3.29. The molecular weight excluding hydrogens is 290 g/mol. The van der Waals surface area contributed by atoms with Crippen LogP contribution >= 0.6 is 11.3 Å². The van der Waals surface area contributed by atoms with E-state index in [2.05, 4.69) is 0 Å². The largest absolute Gasteiger partial charge is 0.477 e. The third kappa shape index (κ3) is 2.44. The molecule has 0 saturated carbocycles. The summed E-state index contributed by atoms with van der Waals surface area (Å²) >= 11 is 0.929. The smallest absolute Gasteiger partial charge is 0.345 e. The zero-order valence-electron chi connectivity index (χ0n) is 10.1. The van der Waals surface area contributed by atoms with Crippen molar-refractivity contribution >= 4 is 27.3 Å². The van der Waals surface area contributed by atoms with E-state index < -0.39 is 22.0 Å². The number of sulfonamides is 1. The quantitative estimate of drug-likeness (QED) is 0.797. The van der Waals surface area contributed by atoms with Crippen LogP contribution in [0.25, 0.3) is 0 Å². The van der Waals surface area contributed by atoms with Gasteiger partial charge in [-0.25, -0.2) is 13.2 Å². The second kappa shape index (κ2) is 5.04. The number of aliphatic hydroxyl groups is 1. The number of carbonyl (C=O) groups is 1. The number of hydrogen-bond acceptors (Lipinski definition) is 5. The minimum absolute atomic E-state index is 0.00273. The summed E-state index contributed by atoms with van der Waals surface area (Å²) in [6, 6.07) is 0.585. The van der Waals surface area contributed by atoms with E-state index in [0.717, 1.165) is 15.6 Å². The number of carboxylic acids is 1. The standard InChI is InChI=1S/C11H13NO5S2/c1-7-10(5-9(18-7)11(14)15)19(16,17)12-4-2-3-8(12)6-13/h2-3,5,8,13H,4,6H2,1H3,(H,14,15). The van der Waals surface area contributed by atoms with Gasteiger partial charge in [0.25, 0.3) is 0 Å². The van der Waals surface area contributed by atoms with Gasteiger partial charge < -0.3 is 10.2 Å². The molecule has 0 amide bonds. The summed E-state index contributed by atoms with van der Waals surface area (Å²) < 4.78 is 26.1. The molecule has 0 aliphatic carbocycles. The van der Waals surface area contributed by atoms with Gasteiger partial charge in [0.15, 0.2) is 0 Å². The second-order valence-corrected chi connectivity index (χ2v) is 7.20. The van der Waals surface area contributed by atoms with Crippen LogP contribution in [-0.2, 0) is 10.0 Å². The van der Waals surface area contributed by atoms with Crippen LogP contribution in [-0.4, -0.2) is 48.1 Å². The van der Waals surface area contributed by atoms with E-state index in [9.17, 15) is 13.2 Å². The molecule has 19 heavy (non-hydrogen) atoms. The van der Waals surface area contributed by atoms with Gasteiger partial charge in [-0.1, -0.05) is 12.2 Å². The van der Waals surface area contributed by atoms with Crippen molar-refractivity contribution in [3.05, 3.63) is 28.0 Å². The molecule has 104 valence electrons. The summed E-state index contributed by atoms with van der Waals surface area (Å²) in [7, 11) is -3.79. The van der Waals surface area contributed by atoms with Crippen molar-refractivity contribution in [2.24, 2.45) is 0 Å². The Kier molecular flexibility index (Phi) is 3.77. The van der Waals surface area contributed by atoms with E-state index in [4.69, 9.17) is 10.2 Å². The lowest BCUT2D eigenvalue weighted by Gasteiger charge is -2.22. The molecule has 1 aromatic heterocycles. The number of aliphatic hydroxyl groups excluding tert-OH is 1. The molecule has 2 rings (SSSR count). The fraction of sp³-hybridized carbons (Fsp3) is 0.364. The van der Waals surface area contributed by atoms with E-state index >= 15 is 0 Å². The highest BCUT2D eigenvalue weighted by atomic mass is 32.2. The minimum atomic E-state index is -3.79. The highest BCUT2D eigenvalue weighted by Crippen LogP contribution is 2.30. The normalized spacial score (nSPS) is 20.0. The molecule has 0 fully saturated rings. The first kappa shape index (κ1) is 14.2. The molecule has 2 heterocycles. The van der Waals surface area contributed by atoms with Crippen molar-refractivity contribution < 1.29 is 23.4 Å². The summed E-state index contributed by atoms with van der Waals surface area (Å²) in [5.74, 6) is -1.15. The summed E-state index contributed by atoms with van der Waals surface area (Å²) in [6.45, 7) is 1.46. The van der Waals surface area contributed by atoms with Crippen LogP contribution in [0.4, 0.5) is 0 Å². The number of thiophene rings is 1. The van der Waals surface area contributed by atoms with Crippen molar-refractivity contribution in [3.63, 3.8) is 0 Å². The summed E-state index contributed by atoms with van der Waals surface area (Å²) in [5.41, 5.74) is 0. The van der Waals surface area contributed by atoms with Crippen LogP contribution in [0.15, 0.2) is 23.1 Å². The van der Waals surface area contributed by atoms with Gasteiger partial charge >= 0.3 is 5.97 Å². The van der Waals surface area contributed by atoms with Gasteiger partial charge in [0.2, 0.25) is 10.0 Å². The summed E-state index contributed by atoms with van der Waals surface area (Å²) in [4.78, 5) is 11.3. The Morgan fingerprint density at radius 2 is 2.26 bits per heavy atom. The highest BCUT2D eigenvalue weighted by molar-refractivity contribution is 7.89. The molecule has 6 nitrogen and oxygen atoms in total. The van der Waals surface area contributed by atoms with E-state index in [1.54, 1.807) is 19.1 Å². The number of rotatable bonds is 4. The van der Waals surface area contributed by atoms with Gasteiger partial charge in [-0.3, -0.25) is 0 Å². The summed E-state index contributed by atoms with van der Waals surface area (Å²) in [5, 5.41) is 18.1. The first-order valence-electron chi connectivity index (χ1n) is 5.51. The number of carboxylic acid groups (broad SMARTS) is 1. The van der Waals surface area contributed by atoms with Crippen molar-refractivity contribution in [3.8, 4) is 0 Å². The molecule has 0 bridgehead atoms. The monoisotopic (exact) mass is 303 g/mol. The SMILES string of the molecule is Cc1sc(C(=O)O)cc1S(=O)(=O)N1CC=CC1CO. The van der Waals surface area contributed by atoms with Crippen molar-refractivity contribution in [2.45, 2.75) is 17.9 Å². The van der Waals surface area contributed by atoms with Gasteiger partial charge in [0.05, 0.1) is 17.5 Å². The lowest BCUT2D eigenvalue weighted by atomic mass is 10.3. The zero-order valence-corrected chi connectivity index (χ0v) is 11.7. The predicted octanol–water partition coefficient (Wildman–Crippen LogP) is 0.676. The van der Waals surface area contributed by atoms with Gasteiger partial charge in [-0.2, -0.15) is 4.31 Å². The average Bonchev–Trinajstić information content (AvgIpc) is 2.94. The number of aryl methyl sites for hydroxylation is 1. The maximum absolute atomic E-state index is 12.4. The molecule has 0 radical (unpaired) electrons. The van der Waals surface area contributed by atoms with E-state index in [1.807, 2.05) is 0 Å². The third-order valence-electron chi connectivity index (χ3n) is 2.87. The Morgan fingerprint density at radius 3 is 2.79 bits per heavy atom. The number of hydrogen-bond donors (Lipinski definition) is 2. The fourth-order valence-electron chi connectivity index (χ4n) is 1.93. The van der Waals surface area contributed by atoms with Gasteiger partial charge in [0, 0.05) is 11.4 Å². The van der Waals surface area contributed by atoms with Gasteiger partial charge in [-0.05, 0) is 13.0 Å². The fourth-order valence-corrected chi connectivity index (χ4v) is 4.86. The van der Waals surface area contributed by atoms with E-state index in [1.165, 1.54) is 6.07 Å². The van der Waals surface area contributed by atoms with Crippen molar-refractivity contribution in [2.75, 3.05) is 13.2 Å². The Morgan fingerprint density at radius 1 is 1.58 bits per heavy atom. The van der Waals surface area contributed by atoms with Crippen LogP contribution in [0.1, 0.15) is 14.5 Å². The Bertz CT molecular complexity index is 632. The lowest BCUT2D eigenvalue weighted by Crippen LogP contribution is -2.38. The average molecular weight is 303 g/mol. The predicted molar refractivity (Wildman–Crippen MR) is 69.9 cm³/mol. The van der Waals surface area contributed by atoms with Gasteiger partial charge in [0.1, 0.15) is 4.88 Å². The Hall–Kier alpha value is -1.22. The van der Waals surface area contributed by atoms with Gasteiger partial charge in [-0.15, -0.1) is 11.3 Å². The van der Waals surface area contributed by atoms with Crippen molar-refractivity contribution in [1.82, 2.24) is 4.31 Å². The molecule has 1 aliphatic rings. The molecule has 8 heteroatoms.